The molecule has 0 bridgehead atoms. The molecule has 0 aromatic heterocycles. The molecule has 3 N–H and O–H groups in total. The Morgan fingerprint density at radius 3 is 2.67 bits per heavy atom. The number of nitrogens with two attached hydrogens (primary N) is 1. The van der Waals surface area contributed by atoms with E-state index in [4.69, 9.17) is 10.5 Å². The SMILES string of the molecule is CC1(C(=O)NCCOCCN)CCCC1. The molecule has 4 heteroatoms. The quantitative estimate of drug-likeness (QED) is 0.638. The largest absolute Gasteiger partial charge is 0.378 e. The Morgan fingerprint density at radius 2 is 2.07 bits per heavy atom. The summed E-state index contributed by atoms with van der Waals surface area (Å²) in [4.78, 5) is 11.8. The van der Waals surface area contributed by atoms with Gasteiger partial charge in [0.15, 0.2) is 0 Å². The van der Waals surface area contributed by atoms with E-state index in [0.717, 1.165) is 12.8 Å². The van der Waals surface area contributed by atoms with Crippen molar-refractivity contribution in [1.29, 1.82) is 0 Å². The van der Waals surface area contributed by atoms with Crippen LogP contribution >= 0.6 is 0 Å². The highest BCUT2D eigenvalue weighted by Gasteiger charge is 2.35. The van der Waals surface area contributed by atoms with Crippen LogP contribution in [0, 0.1) is 5.41 Å². The summed E-state index contributed by atoms with van der Waals surface area (Å²) in [6.45, 7) is 4.29. The molecule has 0 spiro atoms. The Bertz CT molecular complexity index is 201. The van der Waals surface area contributed by atoms with E-state index in [0.29, 0.717) is 26.3 Å². The molecule has 0 heterocycles. The first kappa shape index (κ1) is 12.5. The predicted octanol–water partition coefficient (Wildman–Crippen LogP) is 0.658. The van der Waals surface area contributed by atoms with Gasteiger partial charge in [0.2, 0.25) is 5.91 Å². The molecule has 0 aliphatic heterocycles. The number of hydrogen-bond acceptors (Lipinski definition) is 3. The molecule has 1 saturated carbocycles. The Morgan fingerprint density at radius 1 is 1.40 bits per heavy atom. The lowest BCUT2D eigenvalue weighted by Crippen LogP contribution is -2.38. The Balaban J connectivity index is 2.12. The fourth-order valence-electron chi connectivity index (χ4n) is 2.02. The summed E-state index contributed by atoms with van der Waals surface area (Å²) < 4.78 is 5.19. The molecule has 1 rings (SSSR count). The van der Waals surface area contributed by atoms with E-state index in [1.54, 1.807) is 0 Å². The van der Waals surface area contributed by atoms with Crippen LogP contribution in [0.2, 0.25) is 0 Å². The summed E-state index contributed by atoms with van der Waals surface area (Å²) in [5.74, 6) is 0.177. The maximum Gasteiger partial charge on any atom is 0.226 e. The third-order valence-electron chi connectivity index (χ3n) is 3.05. The molecule has 0 unspecified atom stereocenters. The van der Waals surface area contributed by atoms with Gasteiger partial charge in [-0.2, -0.15) is 0 Å². The fraction of sp³-hybridized carbons (Fsp3) is 0.909. The number of rotatable bonds is 6. The molecule has 0 aromatic carbocycles. The van der Waals surface area contributed by atoms with Crippen LogP contribution < -0.4 is 11.1 Å². The second-order valence-corrected chi connectivity index (χ2v) is 4.42. The molecule has 1 aliphatic carbocycles. The minimum Gasteiger partial charge on any atom is -0.378 e. The van der Waals surface area contributed by atoms with Crippen molar-refractivity contribution in [3.63, 3.8) is 0 Å². The number of hydrogen-bond donors (Lipinski definition) is 2. The second-order valence-electron chi connectivity index (χ2n) is 4.42. The highest BCUT2D eigenvalue weighted by molar-refractivity contribution is 5.82. The van der Waals surface area contributed by atoms with Crippen LogP contribution in [0.4, 0.5) is 0 Å². The minimum absolute atomic E-state index is 0.131. The van der Waals surface area contributed by atoms with Gasteiger partial charge in [-0.25, -0.2) is 0 Å². The van der Waals surface area contributed by atoms with Crippen LogP contribution in [0.1, 0.15) is 32.6 Å². The van der Waals surface area contributed by atoms with Crippen molar-refractivity contribution in [2.45, 2.75) is 32.6 Å². The maximum absolute atomic E-state index is 11.8. The van der Waals surface area contributed by atoms with Crippen LogP contribution in [0.25, 0.3) is 0 Å². The van der Waals surface area contributed by atoms with Crippen molar-refractivity contribution in [1.82, 2.24) is 5.32 Å². The van der Waals surface area contributed by atoms with E-state index in [1.807, 2.05) is 0 Å². The molecule has 0 aromatic rings. The third-order valence-corrected chi connectivity index (χ3v) is 3.05. The van der Waals surface area contributed by atoms with Crippen molar-refractivity contribution in [3.8, 4) is 0 Å². The van der Waals surface area contributed by atoms with Crippen LogP contribution in [0.5, 0.6) is 0 Å². The maximum atomic E-state index is 11.8. The van der Waals surface area contributed by atoms with Gasteiger partial charge in [0.1, 0.15) is 0 Å². The highest BCUT2D eigenvalue weighted by Crippen LogP contribution is 2.37. The van der Waals surface area contributed by atoms with E-state index < -0.39 is 0 Å². The first-order chi connectivity index (χ1) is 7.19. The molecule has 1 aliphatic rings. The summed E-state index contributed by atoms with van der Waals surface area (Å²) in [6.07, 6.45) is 4.38. The summed E-state index contributed by atoms with van der Waals surface area (Å²) in [6, 6.07) is 0. The number of carbonyl (C=O) groups excluding carboxylic acids is 1. The van der Waals surface area contributed by atoms with Crippen molar-refractivity contribution in [3.05, 3.63) is 0 Å². The molecule has 1 fully saturated rings. The van der Waals surface area contributed by atoms with Crippen molar-refractivity contribution in [2.24, 2.45) is 11.1 Å². The molecule has 1 amide bonds. The highest BCUT2D eigenvalue weighted by atomic mass is 16.5. The molecule has 0 atom stereocenters. The fourth-order valence-corrected chi connectivity index (χ4v) is 2.02. The van der Waals surface area contributed by atoms with Gasteiger partial charge in [0.25, 0.3) is 0 Å². The van der Waals surface area contributed by atoms with Crippen LogP contribution in [0.3, 0.4) is 0 Å². The van der Waals surface area contributed by atoms with Gasteiger partial charge < -0.3 is 15.8 Å². The lowest BCUT2D eigenvalue weighted by Gasteiger charge is -2.22. The first-order valence-electron chi connectivity index (χ1n) is 5.75. The van der Waals surface area contributed by atoms with E-state index in [9.17, 15) is 4.79 Å². The van der Waals surface area contributed by atoms with E-state index >= 15 is 0 Å². The average Bonchev–Trinajstić information content (AvgIpc) is 2.66. The standard InChI is InChI=1S/C11H22N2O2/c1-11(4-2-3-5-11)10(14)13-7-9-15-8-6-12/h2-9,12H2,1H3,(H,13,14). The number of ether oxygens (including phenoxy) is 1. The van der Waals surface area contributed by atoms with Gasteiger partial charge >= 0.3 is 0 Å². The molecule has 0 radical (unpaired) electrons. The topological polar surface area (TPSA) is 64.3 Å². The second kappa shape index (κ2) is 6.08. The zero-order valence-corrected chi connectivity index (χ0v) is 9.55. The Hall–Kier alpha value is -0.610. The summed E-state index contributed by atoms with van der Waals surface area (Å²) >= 11 is 0. The van der Waals surface area contributed by atoms with Gasteiger partial charge in [-0.1, -0.05) is 19.8 Å². The third kappa shape index (κ3) is 3.80. The summed E-state index contributed by atoms with van der Waals surface area (Å²) in [7, 11) is 0. The van der Waals surface area contributed by atoms with Crippen molar-refractivity contribution >= 4 is 5.91 Å². The average molecular weight is 214 g/mol. The summed E-state index contributed by atoms with van der Waals surface area (Å²) in [5, 5.41) is 2.92. The molecular weight excluding hydrogens is 192 g/mol. The zero-order valence-electron chi connectivity index (χ0n) is 9.55. The number of carbonyl (C=O) groups is 1. The zero-order chi connectivity index (χ0) is 11.1. The Kier molecular flexibility index (Phi) is 5.05. The van der Waals surface area contributed by atoms with Crippen LogP contribution in [-0.4, -0.2) is 32.2 Å². The monoisotopic (exact) mass is 214 g/mol. The van der Waals surface area contributed by atoms with E-state index in [2.05, 4.69) is 12.2 Å². The minimum atomic E-state index is -0.131. The van der Waals surface area contributed by atoms with Crippen molar-refractivity contribution in [2.75, 3.05) is 26.3 Å². The lowest BCUT2D eigenvalue weighted by molar-refractivity contribution is -0.130. The van der Waals surface area contributed by atoms with Gasteiger partial charge in [-0.05, 0) is 12.8 Å². The molecule has 0 saturated heterocycles. The predicted molar refractivity (Wildman–Crippen MR) is 59.5 cm³/mol. The smallest absolute Gasteiger partial charge is 0.226 e. The van der Waals surface area contributed by atoms with Gasteiger partial charge in [0.05, 0.1) is 13.2 Å². The molecule has 4 nitrogen and oxygen atoms in total. The van der Waals surface area contributed by atoms with Crippen LogP contribution in [0.15, 0.2) is 0 Å². The lowest BCUT2D eigenvalue weighted by atomic mass is 9.88. The molecule has 88 valence electrons. The summed E-state index contributed by atoms with van der Waals surface area (Å²) in [5.41, 5.74) is 5.15. The molecular formula is C11H22N2O2. The van der Waals surface area contributed by atoms with Crippen LogP contribution in [-0.2, 0) is 9.53 Å². The van der Waals surface area contributed by atoms with E-state index in [1.165, 1.54) is 12.8 Å². The number of amides is 1. The van der Waals surface area contributed by atoms with Crippen molar-refractivity contribution < 1.29 is 9.53 Å². The Labute approximate surface area is 91.5 Å². The van der Waals surface area contributed by atoms with Gasteiger partial charge in [0, 0.05) is 18.5 Å². The molecule has 15 heavy (non-hydrogen) atoms. The first-order valence-corrected chi connectivity index (χ1v) is 5.75. The number of nitrogens with one attached hydrogen (secondary N) is 1. The van der Waals surface area contributed by atoms with Gasteiger partial charge in [-0.3, -0.25) is 4.79 Å². The normalized spacial score (nSPS) is 19.1. The van der Waals surface area contributed by atoms with Gasteiger partial charge in [-0.15, -0.1) is 0 Å². The van der Waals surface area contributed by atoms with E-state index in [-0.39, 0.29) is 11.3 Å².